The highest BCUT2D eigenvalue weighted by Crippen LogP contribution is 2.35. The average molecular weight is 523 g/mol. The van der Waals surface area contributed by atoms with E-state index in [1.165, 1.54) is 0 Å². The predicted octanol–water partition coefficient (Wildman–Crippen LogP) is 7.09. The maximum Gasteiger partial charge on any atom is 0.217 e. The standard InChI is InChI=1S/C30H23ClN4O3/c1-34-26(20-7-9-21(10-8-20)27-6-4-14-37-27)18-33-30(34)25(17-24-5-2-3-13-32-24)35(19-36)29-16-22-15-23(31)11-12-28(22)38-29/h2-16,18-19,25H,17H2,1H3. The summed E-state index contributed by atoms with van der Waals surface area (Å²) in [6, 6.07) is 24.3. The number of carbonyl (C=O) groups is 1. The van der Waals surface area contributed by atoms with Gasteiger partial charge in [0.05, 0.1) is 18.2 Å². The van der Waals surface area contributed by atoms with Gasteiger partial charge in [0.1, 0.15) is 23.2 Å². The van der Waals surface area contributed by atoms with E-state index in [9.17, 15) is 4.79 Å². The molecule has 4 heterocycles. The topological polar surface area (TPSA) is 77.3 Å². The van der Waals surface area contributed by atoms with Gasteiger partial charge in [0, 0.05) is 47.4 Å². The molecule has 188 valence electrons. The number of hydrogen-bond donors (Lipinski definition) is 0. The number of imidazole rings is 1. The monoisotopic (exact) mass is 522 g/mol. The van der Waals surface area contributed by atoms with Gasteiger partial charge in [-0.15, -0.1) is 0 Å². The van der Waals surface area contributed by atoms with Gasteiger partial charge in [0.25, 0.3) is 0 Å². The third kappa shape index (κ3) is 4.48. The summed E-state index contributed by atoms with van der Waals surface area (Å²) >= 11 is 6.18. The Morgan fingerprint density at radius 2 is 1.84 bits per heavy atom. The molecule has 0 aliphatic heterocycles. The summed E-state index contributed by atoms with van der Waals surface area (Å²) in [4.78, 5) is 23.4. The van der Waals surface area contributed by atoms with Gasteiger partial charge < -0.3 is 13.4 Å². The van der Waals surface area contributed by atoms with E-state index >= 15 is 0 Å². The highest BCUT2D eigenvalue weighted by molar-refractivity contribution is 6.31. The molecule has 0 saturated heterocycles. The molecule has 38 heavy (non-hydrogen) atoms. The van der Waals surface area contributed by atoms with E-state index in [1.54, 1.807) is 29.5 Å². The first kappa shape index (κ1) is 23.8. The Morgan fingerprint density at radius 3 is 2.58 bits per heavy atom. The van der Waals surface area contributed by atoms with Crippen LogP contribution < -0.4 is 4.90 Å². The van der Waals surface area contributed by atoms with Crippen molar-refractivity contribution in [1.29, 1.82) is 0 Å². The number of nitrogens with zero attached hydrogens (tertiary/aromatic N) is 4. The lowest BCUT2D eigenvalue weighted by Crippen LogP contribution is -2.31. The molecule has 2 aromatic carbocycles. The number of fused-ring (bicyclic) bond motifs is 1. The molecule has 0 radical (unpaired) electrons. The second-order valence-corrected chi connectivity index (χ2v) is 9.37. The van der Waals surface area contributed by atoms with Crippen molar-refractivity contribution < 1.29 is 13.6 Å². The van der Waals surface area contributed by atoms with Crippen molar-refractivity contribution in [3.63, 3.8) is 0 Å². The molecule has 7 nitrogen and oxygen atoms in total. The van der Waals surface area contributed by atoms with Crippen LogP contribution in [0.1, 0.15) is 17.6 Å². The van der Waals surface area contributed by atoms with Gasteiger partial charge in [0.2, 0.25) is 12.3 Å². The number of carbonyl (C=O) groups excluding carboxylic acids is 1. The normalized spacial score (nSPS) is 12.1. The van der Waals surface area contributed by atoms with Crippen molar-refractivity contribution in [2.75, 3.05) is 4.90 Å². The molecule has 0 fully saturated rings. The minimum atomic E-state index is -0.473. The lowest BCUT2D eigenvalue weighted by molar-refractivity contribution is -0.108. The Balaban J connectivity index is 1.40. The Hall–Kier alpha value is -4.62. The molecular weight excluding hydrogens is 500 g/mol. The van der Waals surface area contributed by atoms with Gasteiger partial charge in [-0.1, -0.05) is 41.9 Å². The first-order valence-electron chi connectivity index (χ1n) is 12.1. The van der Waals surface area contributed by atoms with E-state index in [4.69, 9.17) is 25.4 Å². The van der Waals surface area contributed by atoms with Crippen LogP contribution in [0.15, 0.2) is 106 Å². The fraction of sp³-hybridized carbons (Fsp3) is 0.100. The Bertz CT molecular complexity index is 1690. The van der Waals surface area contributed by atoms with Gasteiger partial charge in [-0.25, -0.2) is 4.98 Å². The van der Waals surface area contributed by atoms with Crippen LogP contribution in [0.3, 0.4) is 0 Å². The van der Waals surface area contributed by atoms with Crippen LogP contribution in [0.25, 0.3) is 33.6 Å². The molecule has 1 unspecified atom stereocenters. The smallest absolute Gasteiger partial charge is 0.217 e. The molecule has 0 bridgehead atoms. The number of furan rings is 2. The van der Waals surface area contributed by atoms with Crippen LogP contribution in [0, 0.1) is 0 Å². The van der Waals surface area contributed by atoms with Crippen LogP contribution in [0.2, 0.25) is 5.02 Å². The minimum Gasteiger partial charge on any atom is -0.464 e. The molecule has 8 heteroatoms. The Kier molecular flexibility index (Phi) is 6.27. The lowest BCUT2D eigenvalue weighted by atomic mass is 10.1. The van der Waals surface area contributed by atoms with Crippen molar-refractivity contribution in [3.8, 4) is 22.6 Å². The second-order valence-electron chi connectivity index (χ2n) is 8.94. The van der Waals surface area contributed by atoms with Crippen LogP contribution in [-0.4, -0.2) is 20.9 Å². The van der Waals surface area contributed by atoms with Crippen molar-refractivity contribution in [3.05, 3.63) is 114 Å². The third-order valence-corrected chi connectivity index (χ3v) is 6.84. The number of amides is 1. The van der Waals surface area contributed by atoms with Gasteiger partial charge in [-0.2, -0.15) is 0 Å². The zero-order valence-electron chi connectivity index (χ0n) is 20.5. The summed E-state index contributed by atoms with van der Waals surface area (Å²) < 4.78 is 13.6. The molecule has 0 aliphatic carbocycles. The molecule has 4 aromatic heterocycles. The van der Waals surface area contributed by atoms with E-state index in [0.717, 1.165) is 40.1 Å². The highest BCUT2D eigenvalue weighted by Gasteiger charge is 2.29. The zero-order chi connectivity index (χ0) is 26.1. The number of rotatable bonds is 8. The van der Waals surface area contributed by atoms with Gasteiger partial charge in [-0.3, -0.25) is 14.7 Å². The third-order valence-electron chi connectivity index (χ3n) is 6.61. The number of pyridine rings is 1. The summed E-state index contributed by atoms with van der Waals surface area (Å²) in [6.07, 6.45) is 6.45. The highest BCUT2D eigenvalue weighted by atomic mass is 35.5. The number of anilines is 1. The molecule has 0 aliphatic rings. The van der Waals surface area contributed by atoms with Crippen molar-refractivity contribution in [2.24, 2.45) is 7.05 Å². The Labute approximate surface area is 223 Å². The molecule has 6 aromatic rings. The first-order valence-corrected chi connectivity index (χ1v) is 12.5. The van der Waals surface area contributed by atoms with E-state index in [2.05, 4.69) is 4.98 Å². The molecule has 6 rings (SSSR count). The molecule has 0 saturated carbocycles. The largest absolute Gasteiger partial charge is 0.464 e. The molecule has 0 N–H and O–H groups in total. The number of hydrogen-bond acceptors (Lipinski definition) is 5. The lowest BCUT2D eigenvalue weighted by Gasteiger charge is -2.26. The molecular formula is C30H23ClN4O3. The SMILES string of the molecule is Cn1c(-c2ccc(-c3ccco3)cc2)cnc1C(Cc1ccccn1)N(C=O)c1cc2cc(Cl)ccc2o1. The summed E-state index contributed by atoms with van der Waals surface area (Å²) in [5.41, 5.74) is 4.38. The fourth-order valence-corrected chi connectivity index (χ4v) is 4.87. The maximum atomic E-state index is 12.6. The van der Waals surface area contributed by atoms with E-state index in [-0.39, 0.29) is 0 Å². The summed E-state index contributed by atoms with van der Waals surface area (Å²) in [5.74, 6) is 1.92. The van der Waals surface area contributed by atoms with E-state index in [1.807, 2.05) is 84.5 Å². The van der Waals surface area contributed by atoms with Gasteiger partial charge in [-0.05, 0) is 48.0 Å². The van der Waals surface area contributed by atoms with Gasteiger partial charge >= 0.3 is 0 Å². The fourth-order valence-electron chi connectivity index (χ4n) is 4.69. The van der Waals surface area contributed by atoms with Crippen LogP contribution in [0.4, 0.5) is 5.88 Å². The van der Waals surface area contributed by atoms with Crippen LogP contribution >= 0.6 is 11.6 Å². The molecule has 0 spiro atoms. The number of aromatic nitrogens is 3. The van der Waals surface area contributed by atoms with E-state index < -0.39 is 6.04 Å². The maximum absolute atomic E-state index is 12.6. The van der Waals surface area contributed by atoms with Crippen LogP contribution in [-0.2, 0) is 18.3 Å². The van der Waals surface area contributed by atoms with E-state index in [0.29, 0.717) is 28.7 Å². The van der Waals surface area contributed by atoms with Gasteiger partial charge in [0.15, 0.2) is 0 Å². The summed E-state index contributed by atoms with van der Waals surface area (Å²) in [5, 5.41) is 1.41. The number of benzene rings is 2. The molecule has 1 atom stereocenters. The number of halogens is 1. The summed E-state index contributed by atoms with van der Waals surface area (Å²) in [6.45, 7) is 0. The quantitative estimate of drug-likeness (QED) is 0.199. The first-order chi connectivity index (χ1) is 18.6. The Morgan fingerprint density at radius 1 is 1.00 bits per heavy atom. The predicted molar refractivity (Wildman–Crippen MR) is 147 cm³/mol. The second kappa shape index (κ2) is 10.0. The van der Waals surface area contributed by atoms with Crippen LogP contribution in [0.5, 0.6) is 0 Å². The zero-order valence-corrected chi connectivity index (χ0v) is 21.2. The van der Waals surface area contributed by atoms with Crippen molar-refractivity contribution in [1.82, 2.24) is 14.5 Å². The minimum absolute atomic E-state index is 0.408. The van der Waals surface area contributed by atoms with Crippen molar-refractivity contribution >= 4 is 34.9 Å². The average Bonchev–Trinajstić information content (AvgIpc) is 3.69. The summed E-state index contributed by atoms with van der Waals surface area (Å²) in [7, 11) is 1.95. The molecule has 1 amide bonds. The van der Waals surface area contributed by atoms with Crippen molar-refractivity contribution in [2.45, 2.75) is 12.5 Å².